The number of hydrogen-bond donors (Lipinski definition) is 2. The Morgan fingerprint density at radius 2 is 2.11 bits per heavy atom. The number of nitrogens with one attached hydrogen (secondary N) is 1. The monoisotopic (exact) mass is 257 g/mol. The number of anilines is 1. The van der Waals surface area contributed by atoms with Gasteiger partial charge in [0, 0.05) is 6.07 Å². The third kappa shape index (κ3) is 2.25. The Labute approximate surface area is 107 Å². The van der Waals surface area contributed by atoms with Crippen molar-refractivity contribution in [2.45, 2.75) is 6.61 Å². The Bertz CT molecular complexity index is 763. The number of nitrogens with zero attached hydrogens (tertiary/aromatic N) is 3. The van der Waals surface area contributed by atoms with Gasteiger partial charge in [0.1, 0.15) is 18.2 Å². The quantitative estimate of drug-likeness (QED) is 0.715. The Kier molecular flexibility index (Phi) is 2.64. The van der Waals surface area contributed by atoms with Crippen LogP contribution < -0.4 is 16.0 Å². The molecule has 0 atom stereocenters. The van der Waals surface area contributed by atoms with Crippen LogP contribution in [-0.2, 0) is 6.61 Å². The van der Waals surface area contributed by atoms with Crippen molar-refractivity contribution < 1.29 is 4.74 Å². The summed E-state index contributed by atoms with van der Waals surface area (Å²) in [4.78, 5) is 17.9. The summed E-state index contributed by atoms with van der Waals surface area (Å²) in [5, 5.41) is 4.15. The molecule has 3 N–H and O–H groups in total. The van der Waals surface area contributed by atoms with Crippen molar-refractivity contribution in [1.82, 2.24) is 19.6 Å². The minimum absolute atomic E-state index is 0.202. The first-order valence-electron chi connectivity index (χ1n) is 5.65. The van der Waals surface area contributed by atoms with Gasteiger partial charge in [-0.1, -0.05) is 18.2 Å². The molecule has 19 heavy (non-hydrogen) atoms. The van der Waals surface area contributed by atoms with Crippen molar-refractivity contribution in [2.24, 2.45) is 0 Å². The molecule has 0 unspecified atom stereocenters. The second-order valence-electron chi connectivity index (χ2n) is 3.92. The van der Waals surface area contributed by atoms with Crippen LogP contribution in [-0.4, -0.2) is 19.6 Å². The number of para-hydroxylation sites is 1. The maximum Gasteiger partial charge on any atom is 0.254 e. The Balaban J connectivity index is 1.86. The molecule has 0 aliphatic rings. The molecule has 0 aliphatic carbocycles. The van der Waals surface area contributed by atoms with Gasteiger partial charge in [0.15, 0.2) is 5.82 Å². The van der Waals surface area contributed by atoms with E-state index in [2.05, 4.69) is 15.1 Å². The number of nitrogen functional groups attached to an aromatic ring is 1. The van der Waals surface area contributed by atoms with Gasteiger partial charge in [-0.3, -0.25) is 9.78 Å². The van der Waals surface area contributed by atoms with Gasteiger partial charge < -0.3 is 10.5 Å². The second-order valence-corrected chi connectivity index (χ2v) is 3.92. The topological polar surface area (TPSA) is 98.3 Å². The lowest BCUT2D eigenvalue weighted by Crippen LogP contribution is -2.11. The summed E-state index contributed by atoms with van der Waals surface area (Å²) in [5.74, 6) is 1.70. The number of aromatic amines is 1. The van der Waals surface area contributed by atoms with Crippen molar-refractivity contribution in [3.8, 4) is 5.75 Å². The first-order valence-corrected chi connectivity index (χ1v) is 5.65. The molecule has 7 heteroatoms. The van der Waals surface area contributed by atoms with Crippen molar-refractivity contribution in [3.63, 3.8) is 0 Å². The molecule has 0 spiro atoms. The van der Waals surface area contributed by atoms with Gasteiger partial charge in [-0.25, -0.2) is 0 Å². The van der Waals surface area contributed by atoms with Crippen LogP contribution in [0.3, 0.4) is 0 Å². The second kappa shape index (κ2) is 4.45. The third-order valence-corrected chi connectivity index (χ3v) is 2.52. The predicted molar refractivity (Wildman–Crippen MR) is 68.8 cm³/mol. The molecule has 2 heterocycles. The number of fused-ring (bicyclic) bond motifs is 1. The molecule has 7 nitrogen and oxygen atoms in total. The Morgan fingerprint density at radius 3 is 2.89 bits per heavy atom. The summed E-state index contributed by atoms with van der Waals surface area (Å²) < 4.78 is 6.89. The first-order chi connectivity index (χ1) is 9.22. The Morgan fingerprint density at radius 1 is 1.32 bits per heavy atom. The van der Waals surface area contributed by atoms with E-state index in [4.69, 9.17) is 10.5 Å². The highest BCUT2D eigenvalue weighted by molar-refractivity contribution is 5.38. The van der Waals surface area contributed by atoms with Crippen LogP contribution in [0.1, 0.15) is 5.82 Å². The van der Waals surface area contributed by atoms with Crippen LogP contribution in [0, 0.1) is 0 Å². The van der Waals surface area contributed by atoms with E-state index in [0.29, 0.717) is 11.6 Å². The molecule has 2 aromatic heterocycles. The number of ether oxygens (including phenoxy) is 1. The third-order valence-electron chi connectivity index (χ3n) is 2.52. The zero-order chi connectivity index (χ0) is 13.2. The van der Waals surface area contributed by atoms with Gasteiger partial charge in [-0.2, -0.15) is 9.50 Å². The normalized spacial score (nSPS) is 10.7. The van der Waals surface area contributed by atoms with Gasteiger partial charge in [-0.15, -0.1) is 5.10 Å². The zero-order valence-corrected chi connectivity index (χ0v) is 9.91. The van der Waals surface area contributed by atoms with Crippen LogP contribution in [0.25, 0.3) is 5.78 Å². The lowest BCUT2D eigenvalue weighted by atomic mass is 10.3. The highest BCUT2D eigenvalue weighted by atomic mass is 16.5. The minimum Gasteiger partial charge on any atom is -0.486 e. The number of rotatable bonds is 3. The van der Waals surface area contributed by atoms with E-state index >= 15 is 0 Å². The van der Waals surface area contributed by atoms with E-state index in [0.717, 1.165) is 5.75 Å². The summed E-state index contributed by atoms with van der Waals surface area (Å²) in [6.45, 7) is 0.202. The summed E-state index contributed by atoms with van der Waals surface area (Å²) in [7, 11) is 0. The van der Waals surface area contributed by atoms with Crippen LogP contribution >= 0.6 is 0 Å². The molecular weight excluding hydrogens is 246 g/mol. The molecule has 0 fully saturated rings. The van der Waals surface area contributed by atoms with E-state index in [-0.39, 0.29) is 18.0 Å². The van der Waals surface area contributed by atoms with E-state index in [1.54, 1.807) is 0 Å². The summed E-state index contributed by atoms with van der Waals surface area (Å²) in [6.07, 6.45) is 0. The molecule has 0 saturated heterocycles. The lowest BCUT2D eigenvalue weighted by molar-refractivity contribution is 0.296. The van der Waals surface area contributed by atoms with E-state index in [9.17, 15) is 4.79 Å². The standard InChI is InChI=1S/C12H11N5O2/c13-9-6-11(18)15-12-14-10(16-17(9)12)7-19-8-4-2-1-3-5-8/h1-6H,7,13H2,(H,14,15,16,18). The van der Waals surface area contributed by atoms with Crippen LogP contribution in [0.15, 0.2) is 41.2 Å². The van der Waals surface area contributed by atoms with Crippen molar-refractivity contribution in [3.05, 3.63) is 52.6 Å². The fraction of sp³-hybridized carbons (Fsp3) is 0.0833. The van der Waals surface area contributed by atoms with E-state index in [1.807, 2.05) is 30.3 Å². The number of nitrogens with two attached hydrogens (primary N) is 1. The number of aromatic nitrogens is 4. The van der Waals surface area contributed by atoms with E-state index < -0.39 is 0 Å². The average molecular weight is 257 g/mol. The zero-order valence-electron chi connectivity index (χ0n) is 9.91. The summed E-state index contributed by atoms with van der Waals surface area (Å²) >= 11 is 0. The molecule has 0 saturated carbocycles. The van der Waals surface area contributed by atoms with Gasteiger partial charge >= 0.3 is 0 Å². The molecule has 0 bridgehead atoms. The number of hydrogen-bond acceptors (Lipinski definition) is 5. The van der Waals surface area contributed by atoms with E-state index in [1.165, 1.54) is 10.6 Å². The lowest BCUT2D eigenvalue weighted by Gasteiger charge is -2.01. The number of benzene rings is 1. The SMILES string of the molecule is Nc1cc(=O)[nH]c2nc(COc3ccccc3)nn12. The summed E-state index contributed by atoms with van der Waals surface area (Å²) in [5.41, 5.74) is 5.37. The fourth-order valence-corrected chi connectivity index (χ4v) is 1.68. The smallest absolute Gasteiger partial charge is 0.254 e. The molecule has 3 rings (SSSR count). The first kappa shape index (κ1) is 11.3. The molecule has 0 radical (unpaired) electrons. The van der Waals surface area contributed by atoms with Crippen molar-refractivity contribution >= 4 is 11.6 Å². The highest BCUT2D eigenvalue weighted by Crippen LogP contribution is 2.10. The molecule has 0 amide bonds. The Hall–Kier alpha value is -2.83. The summed E-state index contributed by atoms with van der Waals surface area (Å²) in [6, 6.07) is 10.6. The van der Waals surface area contributed by atoms with Crippen molar-refractivity contribution in [2.75, 3.05) is 5.73 Å². The molecular formula is C12H11N5O2. The molecule has 1 aromatic carbocycles. The van der Waals surface area contributed by atoms with Crippen molar-refractivity contribution in [1.29, 1.82) is 0 Å². The molecule has 3 aromatic rings. The molecule has 0 aliphatic heterocycles. The predicted octanol–water partition coefficient (Wildman–Crippen LogP) is 0.579. The van der Waals surface area contributed by atoms with Gasteiger partial charge in [-0.05, 0) is 12.1 Å². The van der Waals surface area contributed by atoms with Gasteiger partial charge in [0.25, 0.3) is 5.56 Å². The molecule has 96 valence electrons. The maximum absolute atomic E-state index is 11.2. The van der Waals surface area contributed by atoms with Gasteiger partial charge in [0.05, 0.1) is 0 Å². The van der Waals surface area contributed by atoms with Gasteiger partial charge in [0.2, 0.25) is 5.78 Å². The van der Waals surface area contributed by atoms with Crippen LogP contribution in [0.4, 0.5) is 5.82 Å². The fourth-order valence-electron chi connectivity index (χ4n) is 1.68. The minimum atomic E-state index is -0.312. The van der Waals surface area contributed by atoms with Crippen LogP contribution in [0.5, 0.6) is 5.75 Å². The maximum atomic E-state index is 11.2. The number of H-pyrrole nitrogens is 1. The highest BCUT2D eigenvalue weighted by Gasteiger charge is 2.07. The largest absolute Gasteiger partial charge is 0.486 e. The van der Waals surface area contributed by atoms with Crippen LogP contribution in [0.2, 0.25) is 0 Å². The average Bonchev–Trinajstić information content (AvgIpc) is 2.81.